The van der Waals surface area contributed by atoms with Crippen LogP contribution < -0.4 is 0 Å². The smallest absolute Gasteiger partial charge is 0.160 e. The summed E-state index contributed by atoms with van der Waals surface area (Å²) >= 11 is 0. The van der Waals surface area contributed by atoms with Crippen LogP contribution in [0.15, 0.2) is 212 Å². The molecule has 0 saturated heterocycles. The molecule has 8 rings (SSSR count). The molecule has 59 heavy (non-hydrogen) atoms. The molecule has 0 N–H and O–H groups in total. The maximum Gasteiger partial charge on any atom is 0.218 e. The first-order valence-electron chi connectivity index (χ1n) is 21.1. The highest BCUT2D eigenvalue weighted by Crippen LogP contribution is 2.39. The van der Waals surface area contributed by atoms with Crippen LogP contribution in [-0.2, 0) is 11.8 Å². The number of allylic oxidation sites excluding steroid dienone is 7. The van der Waals surface area contributed by atoms with E-state index in [2.05, 4.69) is 215 Å². The molecular weight excluding hydrogens is 711 g/mol. The predicted octanol–water partition coefficient (Wildman–Crippen LogP) is 15.6. The fourth-order valence-electron chi connectivity index (χ4n) is 8.09. The van der Waals surface area contributed by atoms with Crippen LogP contribution in [0.1, 0.15) is 61.4 Å². The molecule has 0 bridgehead atoms. The summed E-state index contributed by atoms with van der Waals surface area (Å²) in [6.07, 6.45) is 19.2. The Morgan fingerprint density at radius 2 is 1.37 bits per heavy atom. The number of aryl methyl sites for hydroxylation is 3. The molecule has 0 heterocycles. The Bertz CT molecular complexity index is 2640. The van der Waals surface area contributed by atoms with Gasteiger partial charge in [-0.25, -0.2) is 0 Å². The molecule has 0 amide bonds. The third-order valence-corrected chi connectivity index (χ3v) is 11.3. The number of hydrogen-bond acceptors (Lipinski definition) is 0. The molecule has 1 aliphatic carbocycles. The van der Waals surface area contributed by atoms with Gasteiger partial charge in [0.2, 0.25) is 11.4 Å². The normalized spacial score (nSPS) is 15.5. The molecule has 1 aliphatic rings. The molecule has 0 spiro atoms. The maximum atomic E-state index is 2.44. The van der Waals surface area contributed by atoms with E-state index in [4.69, 9.17) is 0 Å². The molecule has 1 heteroatoms. The zero-order valence-electron chi connectivity index (χ0n) is 35.3. The Morgan fingerprint density at radius 3 is 2.10 bits per heavy atom. The van der Waals surface area contributed by atoms with Crippen molar-refractivity contribution >= 4 is 28.2 Å². The van der Waals surface area contributed by atoms with Crippen molar-refractivity contribution in [3.8, 4) is 22.3 Å². The van der Waals surface area contributed by atoms with E-state index in [-0.39, 0.29) is 5.41 Å². The van der Waals surface area contributed by atoms with Crippen molar-refractivity contribution in [1.82, 2.24) is 0 Å². The largest absolute Gasteiger partial charge is 0.218 e. The summed E-state index contributed by atoms with van der Waals surface area (Å²) in [4.78, 5) is 0. The van der Waals surface area contributed by atoms with Crippen molar-refractivity contribution in [2.75, 3.05) is 0 Å². The lowest BCUT2D eigenvalue weighted by Gasteiger charge is -2.29. The van der Waals surface area contributed by atoms with E-state index in [1.54, 1.807) is 0 Å². The monoisotopic (exact) mass is 766 g/mol. The molecule has 1 atom stereocenters. The van der Waals surface area contributed by atoms with E-state index >= 15 is 0 Å². The van der Waals surface area contributed by atoms with Crippen LogP contribution in [0, 0.1) is 13.8 Å². The Balaban J connectivity index is 0.000000808. The summed E-state index contributed by atoms with van der Waals surface area (Å²) in [5.74, 6) is 0. The van der Waals surface area contributed by atoms with Gasteiger partial charge < -0.3 is 0 Å². The molecule has 0 radical (unpaired) electrons. The molecule has 7 aromatic rings. The SMILES string of the molecule is C/C=C\C(=C/C=[N+](C1=CCC(C)(c2ccc(C)c(-c3ccccc3CCC)c2)C=C1)c1cccc2ccccc12)c1cc(C)cc(-c2ccccc2)c1.c1ccccc1. The summed E-state index contributed by atoms with van der Waals surface area (Å²) < 4.78 is 2.37. The molecule has 1 unspecified atom stereocenters. The summed E-state index contributed by atoms with van der Waals surface area (Å²) in [6.45, 7) is 11.2. The minimum atomic E-state index is -0.128. The summed E-state index contributed by atoms with van der Waals surface area (Å²) in [5.41, 5.74) is 15.1. The van der Waals surface area contributed by atoms with Crippen LogP contribution in [0.5, 0.6) is 0 Å². The van der Waals surface area contributed by atoms with Crippen LogP contribution >= 0.6 is 0 Å². The first-order chi connectivity index (χ1) is 28.9. The standard InChI is InChI=1S/C52H50N.C6H6/c1-6-16-40(44-34-38(3)35-45(36-44)41-18-9-8-10-19-41)30-33-53(51-25-15-22-43-21-12-14-24-49(43)51)47-28-31-52(5,32-29-47)46-27-26-39(4)50(37-46)48-23-13-11-20-42(48)17-7-2;1-2-4-6-5-3-1/h6,8-16,18-31,33-37H,7,17,32H2,1-5H3;1-6H/q+1;/b16-6-,40-30+,53-33?;. The van der Waals surface area contributed by atoms with Crippen LogP contribution in [0.4, 0.5) is 5.69 Å². The third-order valence-electron chi connectivity index (χ3n) is 11.3. The van der Waals surface area contributed by atoms with Crippen LogP contribution in [0.3, 0.4) is 0 Å². The van der Waals surface area contributed by atoms with Crippen molar-refractivity contribution < 1.29 is 4.58 Å². The quantitative estimate of drug-likeness (QED) is 0.0741. The average Bonchev–Trinajstić information content (AvgIpc) is 3.28. The Kier molecular flexibility index (Phi) is 13.3. The number of hydrogen-bond donors (Lipinski definition) is 0. The predicted molar refractivity (Wildman–Crippen MR) is 256 cm³/mol. The lowest BCUT2D eigenvalue weighted by atomic mass is 9.75. The molecule has 1 nitrogen and oxygen atoms in total. The zero-order valence-corrected chi connectivity index (χ0v) is 35.3. The van der Waals surface area contributed by atoms with Gasteiger partial charge in [0.05, 0.1) is 5.39 Å². The molecule has 0 fully saturated rings. The topological polar surface area (TPSA) is 3.01 Å². The number of rotatable bonds is 10. The van der Waals surface area contributed by atoms with E-state index < -0.39 is 0 Å². The number of benzene rings is 7. The van der Waals surface area contributed by atoms with Crippen molar-refractivity contribution in [2.24, 2.45) is 0 Å². The van der Waals surface area contributed by atoms with Crippen molar-refractivity contribution in [3.63, 3.8) is 0 Å². The Morgan fingerprint density at radius 1 is 0.678 bits per heavy atom. The second-order valence-electron chi connectivity index (χ2n) is 15.8. The zero-order chi connectivity index (χ0) is 41.0. The van der Waals surface area contributed by atoms with E-state index in [0.717, 1.165) is 24.9 Å². The van der Waals surface area contributed by atoms with Gasteiger partial charge in [0.15, 0.2) is 6.21 Å². The van der Waals surface area contributed by atoms with Crippen LogP contribution in [0.2, 0.25) is 0 Å². The molecule has 0 saturated carbocycles. The van der Waals surface area contributed by atoms with Gasteiger partial charge in [0, 0.05) is 23.6 Å². The van der Waals surface area contributed by atoms with E-state index in [0.29, 0.717) is 0 Å². The number of nitrogens with zero attached hydrogens (tertiary/aromatic N) is 1. The third kappa shape index (κ3) is 9.77. The first-order valence-corrected chi connectivity index (χ1v) is 21.1. The van der Waals surface area contributed by atoms with Crippen LogP contribution in [-0.4, -0.2) is 10.8 Å². The second kappa shape index (κ2) is 19.2. The highest BCUT2D eigenvalue weighted by molar-refractivity contribution is 5.93. The first kappa shape index (κ1) is 40.6. The van der Waals surface area contributed by atoms with Gasteiger partial charge in [-0.3, -0.25) is 0 Å². The van der Waals surface area contributed by atoms with Gasteiger partial charge in [-0.05, 0) is 119 Å². The summed E-state index contributed by atoms with van der Waals surface area (Å²) in [6, 6.07) is 60.8. The molecule has 0 aromatic heterocycles. The van der Waals surface area contributed by atoms with Gasteiger partial charge in [0.1, 0.15) is 0 Å². The Hall–Kier alpha value is -6.57. The molecule has 0 aliphatic heterocycles. The summed E-state index contributed by atoms with van der Waals surface area (Å²) in [5, 5.41) is 2.46. The molecule has 7 aromatic carbocycles. The Labute approximate surface area is 352 Å². The van der Waals surface area contributed by atoms with E-state index in [1.165, 1.54) is 72.1 Å². The molecule has 292 valence electrons. The number of fused-ring (bicyclic) bond motifs is 1. The van der Waals surface area contributed by atoms with Gasteiger partial charge in [0.25, 0.3) is 0 Å². The van der Waals surface area contributed by atoms with E-state index in [9.17, 15) is 0 Å². The van der Waals surface area contributed by atoms with Gasteiger partial charge >= 0.3 is 0 Å². The highest BCUT2D eigenvalue weighted by Gasteiger charge is 2.29. The highest BCUT2D eigenvalue weighted by atomic mass is 15.0. The van der Waals surface area contributed by atoms with Crippen LogP contribution in [0.25, 0.3) is 38.6 Å². The minimum absolute atomic E-state index is 0.128. The maximum absolute atomic E-state index is 2.44. The second-order valence-corrected chi connectivity index (χ2v) is 15.8. The molecular formula is C58H56N+. The fourth-order valence-corrected chi connectivity index (χ4v) is 8.09. The van der Waals surface area contributed by atoms with Crippen molar-refractivity contribution in [3.05, 3.63) is 240 Å². The fraction of sp³-hybridized carbons (Fsp3) is 0.155. The average molecular weight is 767 g/mol. The minimum Gasteiger partial charge on any atom is -0.160 e. The van der Waals surface area contributed by atoms with Crippen molar-refractivity contribution in [1.29, 1.82) is 0 Å². The van der Waals surface area contributed by atoms with E-state index in [1.807, 2.05) is 36.4 Å². The van der Waals surface area contributed by atoms with Gasteiger partial charge in [-0.1, -0.05) is 184 Å². The lowest BCUT2D eigenvalue weighted by Crippen LogP contribution is -2.22. The van der Waals surface area contributed by atoms with Gasteiger partial charge in [-0.15, -0.1) is 0 Å². The van der Waals surface area contributed by atoms with Crippen molar-refractivity contribution in [2.45, 2.75) is 59.3 Å². The lowest BCUT2D eigenvalue weighted by molar-refractivity contribution is -0.370. The summed E-state index contributed by atoms with van der Waals surface area (Å²) in [7, 11) is 0. The van der Waals surface area contributed by atoms with Gasteiger partial charge in [-0.2, -0.15) is 4.58 Å².